The van der Waals surface area contributed by atoms with Gasteiger partial charge < -0.3 is 14.9 Å². The van der Waals surface area contributed by atoms with Gasteiger partial charge in [0.2, 0.25) is 0 Å². The molecule has 0 bridgehead atoms. The van der Waals surface area contributed by atoms with Gasteiger partial charge in [-0.3, -0.25) is 4.90 Å². The van der Waals surface area contributed by atoms with Crippen molar-refractivity contribution in [2.75, 3.05) is 39.5 Å². The van der Waals surface area contributed by atoms with Gasteiger partial charge in [0.15, 0.2) is 0 Å². The second-order valence-corrected chi connectivity index (χ2v) is 3.96. The number of halogens is 2. The quantitative estimate of drug-likeness (QED) is 0.534. The van der Waals surface area contributed by atoms with Crippen LogP contribution in [0, 0.1) is 0 Å². The Kier molecular flexibility index (Phi) is 10.6. The predicted octanol–water partition coefficient (Wildman–Crippen LogP) is 0.723. The summed E-state index contributed by atoms with van der Waals surface area (Å²) < 4.78 is 29.5. The molecule has 0 aliphatic carbocycles. The Balaban J connectivity index is 3.74. The van der Waals surface area contributed by atoms with E-state index in [1.54, 1.807) is 0 Å². The summed E-state index contributed by atoms with van der Waals surface area (Å²) in [5.74, 6) is 0. The normalized spacial score (nSPS) is 13.6. The lowest BCUT2D eigenvalue weighted by atomic mass is 10.3. The molecule has 0 amide bonds. The lowest BCUT2D eigenvalue weighted by Gasteiger charge is -2.23. The monoisotopic (exact) mass is 255 g/mol. The number of unbranched alkanes of at least 4 members (excludes halogenated alkanes) is 1. The van der Waals surface area contributed by atoms with Gasteiger partial charge in [-0.25, -0.2) is 8.78 Å². The molecule has 4 nitrogen and oxygen atoms in total. The number of hydrogen-bond donors (Lipinski definition) is 2. The first-order chi connectivity index (χ1) is 8.10. The predicted molar refractivity (Wildman–Crippen MR) is 61.3 cm³/mol. The summed E-state index contributed by atoms with van der Waals surface area (Å²) in [5.41, 5.74) is 0. The third-order valence-corrected chi connectivity index (χ3v) is 2.23. The van der Waals surface area contributed by atoms with Gasteiger partial charge in [0.1, 0.15) is 0 Å². The van der Waals surface area contributed by atoms with Crippen LogP contribution in [-0.4, -0.2) is 67.1 Å². The van der Waals surface area contributed by atoms with Crippen LogP contribution in [0.3, 0.4) is 0 Å². The molecular formula is C11H23F2NO3. The number of aliphatic hydroxyl groups excluding tert-OH is 2. The molecule has 1 unspecified atom stereocenters. The summed E-state index contributed by atoms with van der Waals surface area (Å²) in [7, 11) is 0. The zero-order valence-electron chi connectivity index (χ0n) is 10.3. The van der Waals surface area contributed by atoms with E-state index in [0.717, 1.165) is 12.8 Å². The zero-order valence-corrected chi connectivity index (χ0v) is 10.3. The van der Waals surface area contributed by atoms with Gasteiger partial charge >= 0.3 is 0 Å². The Hall–Kier alpha value is -0.300. The van der Waals surface area contributed by atoms with Gasteiger partial charge in [0.05, 0.1) is 25.9 Å². The van der Waals surface area contributed by atoms with Crippen molar-refractivity contribution in [3.8, 4) is 0 Å². The van der Waals surface area contributed by atoms with Crippen LogP contribution in [0.5, 0.6) is 0 Å². The molecule has 104 valence electrons. The lowest BCUT2D eigenvalue weighted by molar-refractivity contribution is -0.000126. The van der Waals surface area contributed by atoms with Crippen molar-refractivity contribution < 1.29 is 23.7 Å². The van der Waals surface area contributed by atoms with Crippen molar-refractivity contribution in [2.45, 2.75) is 32.3 Å². The van der Waals surface area contributed by atoms with Crippen molar-refractivity contribution in [3.63, 3.8) is 0 Å². The SMILES string of the molecule is CCCCOCC(O)CN(CCO)CC(F)F. The summed E-state index contributed by atoms with van der Waals surface area (Å²) in [6, 6.07) is 0. The maximum absolute atomic E-state index is 12.2. The van der Waals surface area contributed by atoms with E-state index in [-0.39, 0.29) is 26.3 Å². The van der Waals surface area contributed by atoms with E-state index in [0.29, 0.717) is 6.61 Å². The van der Waals surface area contributed by atoms with Crippen LogP contribution in [-0.2, 0) is 4.74 Å². The van der Waals surface area contributed by atoms with Gasteiger partial charge in [0, 0.05) is 19.7 Å². The molecule has 0 saturated heterocycles. The molecule has 0 saturated carbocycles. The largest absolute Gasteiger partial charge is 0.395 e. The third-order valence-electron chi connectivity index (χ3n) is 2.23. The van der Waals surface area contributed by atoms with Gasteiger partial charge in [-0.05, 0) is 6.42 Å². The molecule has 0 aromatic heterocycles. The number of ether oxygens (including phenoxy) is 1. The Morgan fingerprint density at radius 1 is 1.29 bits per heavy atom. The fourth-order valence-corrected chi connectivity index (χ4v) is 1.41. The van der Waals surface area contributed by atoms with Crippen LogP contribution in [0.4, 0.5) is 8.78 Å². The van der Waals surface area contributed by atoms with Crippen molar-refractivity contribution in [3.05, 3.63) is 0 Å². The fourth-order valence-electron chi connectivity index (χ4n) is 1.41. The van der Waals surface area contributed by atoms with Gasteiger partial charge in [-0.2, -0.15) is 0 Å². The molecule has 0 spiro atoms. The smallest absolute Gasteiger partial charge is 0.251 e. The molecular weight excluding hydrogens is 232 g/mol. The van der Waals surface area contributed by atoms with Gasteiger partial charge in [0.25, 0.3) is 6.43 Å². The summed E-state index contributed by atoms with van der Waals surface area (Å²) >= 11 is 0. The first kappa shape index (κ1) is 16.7. The van der Waals surface area contributed by atoms with Crippen LogP contribution in [0.1, 0.15) is 19.8 Å². The lowest BCUT2D eigenvalue weighted by Crippen LogP contribution is -2.39. The number of alkyl halides is 2. The molecule has 0 aliphatic rings. The molecule has 1 atom stereocenters. The molecule has 0 heterocycles. The molecule has 0 rings (SSSR count). The maximum atomic E-state index is 12.2. The molecule has 2 N–H and O–H groups in total. The van der Waals surface area contributed by atoms with Crippen molar-refractivity contribution in [1.82, 2.24) is 4.90 Å². The summed E-state index contributed by atoms with van der Waals surface area (Å²) in [6.45, 7) is 2.34. The second kappa shape index (κ2) is 10.8. The minimum atomic E-state index is -2.46. The maximum Gasteiger partial charge on any atom is 0.251 e. The summed E-state index contributed by atoms with van der Waals surface area (Å²) in [4.78, 5) is 1.33. The van der Waals surface area contributed by atoms with Crippen molar-refractivity contribution in [2.24, 2.45) is 0 Å². The Morgan fingerprint density at radius 2 is 2.00 bits per heavy atom. The highest BCUT2D eigenvalue weighted by molar-refractivity contribution is 4.65. The average Bonchev–Trinajstić information content (AvgIpc) is 2.24. The zero-order chi connectivity index (χ0) is 13.1. The molecule has 0 aromatic rings. The molecule has 6 heteroatoms. The first-order valence-electron chi connectivity index (χ1n) is 5.97. The van der Waals surface area contributed by atoms with E-state index in [4.69, 9.17) is 9.84 Å². The molecule has 0 aromatic carbocycles. The highest BCUT2D eigenvalue weighted by Gasteiger charge is 2.15. The Labute approximate surface area is 101 Å². The van der Waals surface area contributed by atoms with Crippen LogP contribution in [0.15, 0.2) is 0 Å². The number of nitrogens with zero attached hydrogens (tertiary/aromatic N) is 1. The third kappa shape index (κ3) is 10.6. The van der Waals surface area contributed by atoms with Crippen LogP contribution >= 0.6 is 0 Å². The first-order valence-corrected chi connectivity index (χ1v) is 5.97. The Morgan fingerprint density at radius 3 is 2.53 bits per heavy atom. The van der Waals surface area contributed by atoms with E-state index in [9.17, 15) is 13.9 Å². The molecule has 0 aliphatic heterocycles. The average molecular weight is 255 g/mol. The van der Waals surface area contributed by atoms with Gasteiger partial charge in [-0.1, -0.05) is 13.3 Å². The van der Waals surface area contributed by atoms with Crippen LogP contribution in [0.2, 0.25) is 0 Å². The van der Waals surface area contributed by atoms with Crippen LogP contribution in [0.25, 0.3) is 0 Å². The van der Waals surface area contributed by atoms with E-state index >= 15 is 0 Å². The molecule has 0 radical (unpaired) electrons. The van der Waals surface area contributed by atoms with E-state index in [2.05, 4.69) is 0 Å². The van der Waals surface area contributed by atoms with Crippen LogP contribution < -0.4 is 0 Å². The highest BCUT2D eigenvalue weighted by atomic mass is 19.3. The van der Waals surface area contributed by atoms with E-state index in [1.807, 2.05) is 6.92 Å². The molecule has 0 fully saturated rings. The second-order valence-electron chi connectivity index (χ2n) is 3.96. The highest BCUT2D eigenvalue weighted by Crippen LogP contribution is 2.00. The minimum absolute atomic E-state index is 0.0943. The number of rotatable bonds is 11. The Bertz CT molecular complexity index is 173. The summed E-state index contributed by atoms with van der Waals surface area (Å²) in [6.07, 6.45) is -1.32. The minimum Gasteiger partial charge on any atom is -0.395 e. The van der Waals surface area contributed by atoms with Gasteiger partial charge in [-0.15, -0.1) is 0 Å². The van der Waals surface area contributed by atoms with Crippen molar-refractivity contribution >= 4 is 0 Å². The number of hydrogen-bond acceptors (Lipinski definition) is 4. The summed E-state index contributed by atoms with van der Waals surface area (Å²) in [5, 5.41) is 18.3. The number of aliphatic hydroxyl groups is 2. The molecule has 17 heavy (non-hydrogen) atoms. The van der Waals surface area contributed by atoms with E-state index in [1.165, 1.54) is 4.90 Å². The fraction of sp³-hybridized carbons (Fsp3) is 1.00. The van der Waals surface area contributed by atoms with E-state index < -0.39 is 19.1 Å². The standard InChI is InChI=1S/C11H23F2NO3/c1-2-3-6-17-9-10(16)7-14(4-5-15)8-11(12)13/h10-11,15-16H,2-9H2,1H3. The van der Waals surface area contributed by atoms with Crippen molar-refractivity contribution in [1.29, 1.82) is 0 Å². The topological polar surface area (TPSA) is 52.9 Å².